The lowest BCUT2D eigenvalue weighted by Crippen LogP contribution is -2.29. The van der Waals surface area contributed by atoms with Crippen molar-refractivity contribution in [3.63, 3.8) is 0 Å². The number of urea groups is 1. The normalized spacial score (nSPS) is 8.85. The first-order chi connectivity index (χ1) is 6.33. The molecule has 1 heterocycles. The zero-order valence-electron chi connectivity index (χ0n) is 6.78. The molecule has 0 saturated heterocycles. The van der Waals surface area contributed by atoms with E-state index in [4.69, 9.17) is 5.26 Å². The third kappa shape index (κ3) is 3.25. The molecule has 6 nitrogen and oxygen atoms in total. The first kappa shape index (κ1) is 9.06. The second-order valence-corrected chi connectivity index (χ2v) is 2.17. The summed E-state index contributed by atoms with van der Waals surface area (Å²) in [6.45, 7) is 0.320. The summed E-state index contributed by atoms with van der Waals surface area (Å²) in [5.74, 6) is 0.342. The van der Waals surface area contributed by atoms with Gasteiger partial charge in [0.1, 0.15) is 6.26 Å². The topological polar surface area (TPSA) is 91.0 Å². The minimum atomic E-state index is -0.399. The van der Waals surface area contributed by atoms with Crippen molar-refractivity contribution < 1.29 is 9.32 Å². The van der Waals surface area contributed by atoms with Gasteiger partial charge in [0, 0.05) is 12.6 Å². The summed E-state index contributed by atoms with van der Waals surface area (Å²) in [4.78, 5) is 11.0. The maximum atomic E-state index is 11.0. The number of hydrogen-bond acceptors (Lipinski definition) is 4. The van der Waals surface area contributed by atoms with Gasteiger partial charge in [-0.15, -0.1) is 0 Å². The second kappa shape index (κ2) is 4.77. The molecule has 6 heteroatoms. The number of amides is 2. The summed E-state index contributed by atoms with van der Waals surface area (Å²) in [6.07, 6.45) is 1.64. The fourth-order valence-corrected chi connectivity index (χ4v) is 0.669. The average molecular weight is 180 g/mol. The standard InChI is InChI=1S/C7H8N4O2/c8-3-1-4-9-7(12)10-6-2-5-13-11-6/h2,5H,1,4H2,(H2,9,10,11,12). The number of carbonyl (C=O) groups excluding carboxylic acids is 1. The van der Waals surface area contributed by atoms with Crippen molar-refractivity contribution >= 4 is 11.8 Å². The number of hydrogen-bond donors (Lipinski definition) is 2. The third-order valence-corrected chi connectivity index (χ3v) is 1.20. The van der Waals surface area contributed by atoms with Crippen molar-refractivity contribution in [1.29, 1.82) is 5.26 Å². The van der Waals surface area contributed by atoms with Crippen LogP contribution in [-0.2, 0) is 0 Å². The Morgan fingerprint density at radius 2 is 2.62 bits per heavy atom. The monoisotopic (exact) mass is 180 g/mol. The van der Waals surface area contributed by atoms with E-state index in [0.717, 1.165) is 0 Å². The first-order valence-corrected chi connectivity index (χ1v) is 3.65. The van der Waals surface area contributed by atoms with Crippen LogP contribution in [0.3, 0.4) is 0 Å². The molecule has 0 aliphatic carbocycles. The Bertz CT molecular complexity index is 301. The molecule has 0 spiro atoms. The van der Waals surface area contributed by atoms with Crippen LogP contribution in [0.25, 0.3) is 0 Å². The molecule has 1 aromatic rings. The number of nitrogens with zero attached hydrogens (tertiary/aromatic N) is 2. The molecular formula is C7H8N4O2. The van der Waals surface area contributed by atoms with E-state index >= 15 is 0 Å². The molecular weight excluding hydrogens is 172 g/mol. The molecule has 2 N–H and O–H groups in total. The predicted molar refractivity (Wildman–Crippen MR) is 43.8 cm³/mol. The van der Waals surface area contributed by atoms with Gasteiger partial charge in [0.15, 0.2) is 5.82 Å². The molecule has 1 aromatic heterocycles. The van der Waals surface area contributed by atoms with E-state index in [-0.39, 0.29) is 6.42 Å². The molecule has 0 unspecified atom stereocenters. The molecule has 1 rings (SSSR count). The van der Waals surface area contributed by atoms with E-state index in [1.807, 2.05) is 6.07 Å². The van der Waals surface area contributed by atoms with Crippen LogP contribution in [-0.4, -0.2) is 17.7 Å². The van der Waals surface area contributed by atoms with Gasteiger partial charge in [-0.1, -0.05) is 5.16 Å². The summed E-state index contributed by atoms with van der Waals surface area (Å²) in [7, 11) is 0. The van der Waals surface area contributed by atoms with Crippen LogP contribution < -0.4 is 10.6 Å². The summed E-state index contributed by atoms with van der Waals surface area (Å²) in [5, 5.41) is 16.5. The predicted octanol–water partition coefficient (Wildman–Crippen LogP) is 0.710. The Balaban J connectivity index is 2.23. The zero-order valence-corrected chi connectivity index (χ0v) is 6.78. The van der Waals surface area contributed by atoms with Crippen LogP contribution in [0.15, 0.2) is 16.9 Å². The smallest absolute Gasteiger partial charge is 0.320 e. The van der Waals surface area contributed by atoms with Gasteiger partial charge in [-0.25, -0.2) is 4.79 Å². The minimum Gasteiger partial charge on any atom is -0.363 e. The Hall–Kier alpha value is -2.03. The minimum absolute atomic E-state index is 0.284. The van der Waals surface area contributed by atoms with Gasteiger partial charge in [0.05, 0.1) is 12.5 Å². The molecule has 13 heavy (non-hydrogen) atoms. The van der Waals surface area contributed by atoms with Gasteiger partial charge < -0.3 is 9.84 Å². The average Bonchev–Trinajstić information content (AvgIpc) is 2.57. The second-order valence-electron chi connectivity index (χ2n) is 2.17. The van der Waals surface area contributed by atoms with Gasteiger partial charge in [-0.2, -0.15) is 5.26 Å². The lowest BCUT2D eigenvalue weighted by molar-refractivity contribution is 0.252. The first-order valence-electron chi connectivity index (χ1n) is 3.65. The molecule has 0 fully saturated rings. The molecule has 0 aliphatic rings. The third-order valence-electron chi connectivity index (χ3n) is 1.20. The Kier molecular flexibility index (Phi) is 3.32. The van der Waals surface area contributed by atoms with Crippen molar-refractivity contribution in [2.24, 2.45) is 0 Å². The van der Waals surface area contributed by atoms with Crippen LogP contribution in [0.5, 0.6) is 0 Å². The zero-order chi connectivity index (χ0) is 9.52. The number of nitrogens with one attached hydrogen (secondary N) is 2. The van der Waals surface area contributed by atoms with E-state index in [1.165, 1.54) is 12.3 Å². The molecule has 0 aliphatic heterocycles. The van der Waals surface area contributed by atoms with Crippen LogP contribution in [0.1, 0.15) is 6.42 Å². The Labute approximate surface area is 74.5 Å². The van der Waals surface area contributed by atoms with Crippen molar-refractivity contribution in [1.82, 2.24) is 10.5 Å². The van der Waals surface area contributed by atoms with Crippen LogP contribution in [0.4, 0.5) is 10.6 Å². The van der Waals surface area contributed by atoms with E-state index in [9.17, 15) is 4.79 Å². The maximum Gasteiger partial charge on any atom is 0.320 e. The van der Waals surface area contributed by atoms with Crippen LogP contribution >= 0.6 is 0 Å². The van der Waals surface area contributed by atoms with Crippen molar-refractivity contribution in [3.8, 4) is 6.07 Å². The summed E-state index contributed by atoms with van der Waals surface area (Å²) < 4.78 is 4.50. The fraction of sp³-hybridized carbons (Fsp3) is 0.286. The van der Waals surface area contributed by atoms with E-state index in [1.54, 1.807) is 0 Å². The summed E-state index contributed by atoms with van der Waals surface area (Å²) in [5.41, 5.74) is 0. The van der Waals surface area contributed by atoms with Crippen molar-refractivity contribution in [2.45, 2.75) is 6.42 Å². The number of anilines is 1. The fourth-order valence-electron chi connectivity index (χ4n) is 0.669. The molecule has 0 atom stereocenters. The SMILES string of the molecule is N#CCCNC(=O)Nc1ccon1. The highest BCUT2D eigenvalue weighted by molar-refractivity contribution is 5.87. The highest BCUT2D eigenvalue weighted by Crippen LogP contribution is 1.99. The quantitative estimate of drug-likeness (QED) is 0.670. The molecule has 0 saturated carbocycles. The van der Waals surface area contributed by atoms with Gasteiger partial charge in [-0.05, 0) is 0 Å². The van der Waals surface area contributed by atoms with E-state index in [0.29, 0.717) is 12.4 Å². The van der Waals surface area contributed by atoms with E-state index in [2.05, 4.69) is 20.3 Å². The number of aromatic nitrogens is 1. The highest BCUT2D eigenvalue weighted by Gasteiger charge is 2.01. The van der Waals surface area contributed by atoms with Crippen molar-refractivity contribution in [2.75, 3.05) is 11.9 Å². The highest BCUT2D eigenvalue weighted by atomic mass is 16.5. The molecule has 0 radical (unpaired) electrons. The molecule has 0 bridgehead atoms. The van der Waals surface area contributed by atoms with Crippen LogP contribution in [0.2, 0.25) is 0 Å². The van der Waals surface area contributed by atoms with E-state index < -0.39 is 6.03 Å². The Morgan fingerprint density at radius 3 is 3.23 bits per heavy atom. The van der Waals surface area contributed by atoms with Crippen LogP contribution in [0, 0.1) is 11.3 Å². The van der Waals surface area contributed by atoms with Gasteiger partial charge in [-0.3, -0.25) is 5.32 Å². The van der Waals surface area contributed by atoms with Crippen molar-refractivity contribution in [3.05, 3.63) is 12.3 Å². The van der Waals surface area contributed by atoms with Gasteiger partial charge in [0.25, 0.3) is 0 Å². The lowest BCUT2D eigenvalue weighted by atomic mass is 10.5. The lowest BCUT2D eigenvalue weighted by Gasteiger charge is -2.01. The Morgan fingerprint density at radius 1 is 1.77 bits per heavy atom. The summed E-state index contributed by atoms with van der Waals surface area (Å²) in [6, 6.07) is 3.02. The summed E-state index contributed by atoms with van der Waals surface area (Å²) >= 11 is 0. The maximum absolute atomic E-state index is 11.0. The number of carbonyl (C=O) groups is 1. The number of nitriles is 1. The molecule has 0 aromatic carbocycles. The van der Waals surface area contributed by atoms with Gasteiger partial charge in [0.2, 0.25) is 0 Å². The molecule has 68 valence electrons. The number of rotatable bonds is 3. The van der Waals surface area contributed by atoms with Gasteiger partial charge >= 0.3 is 6.03 Å². The largest absolute Gasteiger partial charge is 0.363 e. The molecule has 2 amide bonds.